The minimum atomic E-state index is -3.60. The van der Waals surface area contributed by atoms with E-state index in [1.807, 2.05) is 16.8 Å². The molecule has 1 heterocycles. The molecule has 124 valence electrons. The van der Waals surface area contributed by atoms with Crippen molar-refractivity contribution < 1.29 is 13.2 Å². The van der Waals surface area contributed by atoms with Gasteiger partial charge in [-0.1, -0.05) is 6.07 Å². The number of sulfonamides is 1. The van der Waals surface area contributed by atoms with Crippen molar-refractivity contribution in [3.63, 3.8) is 0 Å². The van der Waals surface area contributed by atoms with Gasteiger partial charge in [-0.2, -0.15) is 11.3 Å². The first kappa shape index (κ1) is 17.7. The van der Waals surface area contributed by atoms with E-state index in [2.05, 4.69) is 10.0 Å². The fourth-order valence-corrected chi connectivity index (χ4v) is 4.04. The number of hydrogen-bond acceptors (Lipinski definition) is 4. The third kappa shape index (κ3) is 5.16. The molecule has 2 aromatic rings. The topological polar surface area (TPSA) is 75.3 Å². The third-order valence-corrected chi connectivity index (χ3v) is 5.47. The number of nitrogens with one attached hydrogen (secondary N) is 2. The van der Waals surface area contributed by atoms with Gasteiger partial charge in [0.2, 0.25) is 10.0 Å². The summed E-state index contributed by atoms with van der Waals surface area (Å²) in [6, 6.07) is 7.86. The highest BCUT2D eigenvalue weighted by molar-refractivity contribution is 7.89. The Hall–Kier alpha value is -1.70. The second-order valence-electron chi connectivity index (χ2n) is 5.44. The molecule has 0 saturated heterocycles. The molecule has 2 rings (SSSR count). The highest BCUT2D eigenvalue weighted by atomic mass is 32.2. The van der Waals surface area contributed by atoms with Gasteiger partial charge in [0.25, 0.3) is 5.91 Å². The van der Waals surface area contributed by atoms with Crippen LogP contribution in [0, 0.1) is 0 Å². The molecule has 0 aliphatic carbocycles. The maximum Gasteiger partial charge on any atom is 0.251 e. The fourth-order valence-electron chi connectivity index (χ4n) is 2.04. The number of rotatable bonds is 7. The van der Waals surface area contributed by atoms with Gasteiger partial charge in [0.05, 0.1) is 4.90 Å². The van der Waals surface area contributed by atoms with Crippen molar-refractivity contribution in [2.45, 2.75) is 31.2 Å². The van der Waals surface area contributed by atoms with E-state index in [-0.39, 0.29) is 16.8 Å². The second-order valence-corrected chi connectivity index (χ2v) is 7.94. The van der Waals surface area contributed by atoms with Crippen molar-refractivity contribution in [3.8, 4) is 0 Å². The van der Waals surface area contributed by atoms with E-state index in [1.54, 1.807) is 37.3 Å². The average molecular weight is 352 g/mol. The van der Waals surface area contributed by atoms with Crippen LogP contribution < -0.4 is 10.0 Å². The summed E-state index contributed by atoms with van der Waals surface area (Å²) in [6.45, 7) is 4.01. The van der Waals surface area contributed by atoms with E-state index in [4.69, 9.17) is 0 Å². The summed E-state index contributed by atoms with van der Waals surface area (Å²) >= 11 is 1.62. The number of benzene rings is 1. The Morgan fingerprint density at radius 2 is 2.04 bits per heavy atom. The van der Waals surface area contributed by atoms with Crippen LogP contribution in [-0.2, 0) is 16.4 Å². The lowest BCUT2D eigenvalue weighted by Gasteiger charge is -2.11. The highest BCUT2D eigenvalue weighted by Crippen LogP contribution is 2.12. The number of amides is 1. The first-order chi connectivity index (χ1) is 10.9. The predicted molar refractivity (Wildman–Crippen MR) is 92.3 cm³/mol. The van der Waals surface area contributed by atoms with Gasteiger partial charge in [-0.3, -0.25) is 4.79 Å². The highest BCUT2D eigenvalue weighted by Gasteiger charge is 2.17. The number of carbonyl (C=O) groups is 1. The van der Waals surface area contributed by atoms with E-state index in [0.717, 1.165) is 6.42 Å². The van der Waals surface area contributed by atoms with E-state index in [1.165, 1.54) is 17.7 Å². The standard InChI is InChI=1S/C16H20N2O3S2/c1-12(2)18-23(20,21)15-5-3-4-14(10-15)16(19)17-8-6-13-7-9-22-11-13/h3-5,7,9-12,18H,6,8H2,1-2H3,(H,17,19). The summed E-state index contributed by atoms with van der Waals surface area (Å²) in [7, 11) is -3.60. The molecule has 5 nitrogen and oxygen atoms in total. The van der Waals surface area contributed by atoms with E-state index < -0.39 is 10.0 Å². The van der Waals surface area contributed by atoms with Gasteiger partial charge in [-0.05, 0) is 60.9 Å². The maximum atomic E-state index is 12.2. The van der Waals surface area contributed by atoms with Crippen LogP contribution in [0.25, 0.3) is 0 Å². The van der Waals surface area contributed by atoms with E-state index in [9.17, 15) is 13.2 Å². The van der Waals surface area contributed by atoms with Crippen molar-refractivity contribution in [2.75, 3.05) is 6.54 Å². The summed E-state index contributed by atoms with van der Waals surface area (Å²) in [4.78, 5) is 12.2. The van der Waals surface area contributed by atoms with Crippen LogP contribution in [-0.4, -0.2) is 26.9 Å². The smallest absolute Gasteiger partial charge is 0.251 e. The molecule has 0 bridgehead atoms. The Balaban J connectivity index is 2.02. The minimum Gasteiger partial charge on any atom is -0.352 e. The van der Waals surface area contributed by atoms with Crippen LogP contribution in [0.15, 0.2) is 46.0 Å². The quantitative estimate of drug-likeness (QED) is 0.803. The zero-order valence-electron chi connectivity index (χ0n) is 13.1. The molecular formula is C16H20N2O3S2. The molecule has 0 spiro atoms. The summed E-state index contributed by atoms with van der Waals surface area (Å²) in [5, 5.41) is 6.84. The Kier molecular flexibility index (Phi) is 5.92. The second kappa shape index (κ2) is 7.72. The zero-order valence-corrected chi connectivity index (χ0v) is 14.7. The normalized spacial score (nSPS) is 11.6. The fraction of sp³-hybridized carbons (Fsp3) is 0.312. The van der Waals surface area contributed by atoms with Crippen molar-refractivity contribution in [3.05, 3.63) is 52.2 Å². The zero-order chi connectivity index (χ0) is 16.9. The first-order valence-electron chi connectivity index (χ1n) is 7.30. The molecule has 1 aromatic carbocycles. The number of thiophene rings is 1. The van der Waals surface area contributed by atoms with E-state index in [0.29, 0.717) is 12.1 Å². The summed E-state index contributed by atoms with van der Waals surface area (Å²) in [5.41, 5.74) is 1.51. The van der Waals surface area contributed by atoms with Crippen LogP contribution in [0.5, 0.6) is 0 Å². The van der Waals surface area contributed by atoms with Crippen LogP contribution >= 0.6 is 11.3 Å². The van der Waals surface area contributed by atoms with Gasteiger partial charge in [0, 0.05) is 18.2 Å². The Labute approximate surface area is 140 Å². The molecule has 7 heteroatoms. The number of carbonyl (C=O) groups excluding carboxylic acids is 1. The molecule has 0 aliphatic rings. The lowest BCUT2D eigenvalue weighted by Crippen LogP contribution is -2.30. The maximum absolute atomic E-state index is 12.2. The van der Waals surface area contributed by atoms with Gasteiger partial charge in [-0.15, -0.1) is 0 Å². The minimum absolute atomic E-state index is 0.0942. The SMILES string of the molecule is CC(C)NS(=O)(=O)c1cccc(C(=O)NCCc2ccsc2)c1. The van der Waals surface area contributed by atoms with Crippen molar-refractivity contribution in [1.29, 1.82) is 0 Å². The molecule has 2 N–H and O–H groups in total. The lowest BCUT2D eigenvalue weighted by molar-refractivity contribution is 0.0954. The van der Waals surface area contributed by atoms with Crippen molar-refractivity contribution in [2.24, 2.45) is 0 Å². The van der Waals surface area contributed by atoms with Gasteiger partial charge < -0.3 is 5.32 Å². The Morgan fingerprint density at radius 1 is 1.26 bits per heavy atom. The van der Waals surface area contributed by atoms with Crippen LogP contribution in [0.4, 0.5) is 0 Å². The monoisotopic (exact) mass is 352 g/mol. The largest absolute Gasteiger partial charge is 0.352 e. The van der Waals surface area contributed by atoms with Crippen LogP contribution in [0.2, 0.25) is 0 Å². The van der Waals surface area contributed by atoms with Crippen LogP contribution in [0.1, 0.15) is 29.8 Å². The third-order valence-electron chi connectivity index (χ3n) is 3.08. The predicted octanol–water partition coefficient (Wildman–Crippen LogP) is 2.41. The first-order valence-corrected chi connectivity index (χ1v) is 9.73. The van der Waals surface area contributed by atoms with Crippen LogP contribution in [0.3, 0.4) is 0 Å². The van der Waals surface area contributed by atoms with Gasteiger partial charge in [0.15, 0.2) is 0 Å². The summed E-state index contributed by atoms with van der Waals surface area (Å²) in [6.07, 6.45) is 0.752. The molecule has 0 fully saturated rings. The molecule has 0 aliphatic heterocycles. The molecule has 0 radical (unpaired) electrons. The van der Waals surface area contributed by atoms with E-state index >= 15 is 0 Å². The number of hydrogen-bond donors (Lipinski definition) is 2. The molecule has 1 aromatic heterocycles. The average Bonchev–Trinajstić information content (AvgIpc) is 2.99. The van der Waals surface area contributed by atoms with Crippen molar-refractivity contribution in [1.82, 2.24) is 10.0 Å². The summed E-state index contributed by atoms with van der Waals surface area (Å²) < 4.78 is 26.8. The molecule has 23 heavy (non-hydrogen) atoms. The van der Waals surface area contributed by atoms with Gasteiger partial charge >= 0.3 is 0 Å². The van der Waals surface area contributed by atoms with Gasteiger partial charge in [0.1, 0.15) is 0 Å². The lowest BCUT2D eigenvalue weighted by atomic mass is 10.2. The molecular weight excluding hydrogens is 332 g/mol. The molecule has 0 atom stereocenters. The van der Waals surface area contributed by atoms with Crippen molar-refractivity contribution >= 4 is 27.3 Å². The van der Waals surface area contributed by atoms with Gasteiger partial charge in [-0.25, -0.2) is 13.1 Å². The Bertz CT molecular complexity index is 753. The Morgan fingerprint density at radius 3 is 2.70 bits per heavy atom. The molecule has 1 amide bonds. The summed E-state index contributed by atoms with van der Waals surface area (Å²) in [5.74, 6) is -0.276. The molecule has 0 saturated carbocycles. The molecule has 0 unspecified atom stereocenters.